The molecule has 0 unspecified atom stereocenters. The molecular formula is C21H22N2O3S. The van der Waals surface area contributed by atoms with Gasteiger partial charge in [0.1, 0.15) is 28.0 Å². The van der Waals surface area contributed by atoms with E-state index in [0.717, 1.165) is 27.6 Å². The second kappa shape index (κ2) is 8.22. The lowest BCUT2D eigenvalue weighted by atomic mass is 10.1. The lowest BCUT2D eigenvalue weighted by molar-refractivity contribution is 0.103. The zero-order valence-electron chi connectivity index (χ0n) is 15.8. The van der Waals surface area contributed by atoms with E-state index in [0.29, 0.717) is 22.9 Å². The van der Waals surface area contributed by atoms with Crippen LogP contribution in [0.3, 0.4) is 0 Å². The molecule has 1 N–H and O–H groups in total. The molecule has 1 aromatic heterocycles. The molecule has 0 atom stereocenters. The number of nitrogens with zero attached hydrogens (tertiary/aromatic N) is 1. The third-order valence-corrected chi connectivity index (χ3v) is 5.22. The summed E-state index contributed by atoms with van der Waals surface area (Å²) < 4.78 is 11.0. The van der Waals surface area contributed by atoms with Crippen LogP contribution in [0, 0.1) is 20.8 Å². The SMILES string of the molecule is COc1ccc(NC(=O)c2sc(COc3cc(C)ccc3C)nc2C)cc1. The molecule has 6 heteroatoms. The standard InChI is InChI=1S/C21H22N2O3S/c1-13-5-6-14(2)18(11-13)26-12-19-22-15(3)20(27-19)21(24)23-16-7-9-17(25-4)10-8-16/h5-11H,12H2,1-4H3,(H,23,24). The maximum Gasteiger partial charge on any atom is 0.267 e. The number of methoxy groups -OCH3 is 1. The molecule has 27 heavy (non-hydrogen) atoms. The molecule has 0 aliphatic heterocycles. The van der Waals surface area contributed by atoms with Crippen LogP contribution in [0.15, 0.2) is 42.5 Å². The van der Waals surface area contributed by atoms with Crippen LogP contribution < -0.4 is 14.8 Å². The van der Waals surface area contributed by atoms with Crippen molar-refractivity contribution in [1.29, 1.82) is 0 Å². The lowest BCUT2D eigenvalue weighted by Gasteiger charge is -2.08. The topological polar surface area (TPSA) is 60.5 Å². The quantitative estimate of drug-likeness (QED) is 0.658. The number of carbonyl (C=O) groups is 1. The number of anilines is 1. The summed E-state index contributed by atoms with van der Waals surface area (Å²) in [4.78, 5) is 17.6. The number of ether oxygens (including phenoxy) is 2. The fourth-order valence-corrected chi connectivity index (χ4v) is 3.46. The van der Waals surface area contributed by atoms with Gasteiger partial charge < -0.3 is 14.8 Å². The van der Waals surface area contributed by atoms with Crippen LogP contribution in [-0.2, 0) is 6.61 Å². The molecule has 0 aliphatic rings. The molecule has 140 valence electrons. The minimum Gasteiger partial charge on any atom is -0.497 e. The number of rotatable bonds is 6. The third kappa shape index (κ3) is 4.65. The van der Waals surface area contributed by atoms with E-state index in [1.165, 1.54) is 11.3 Å². The van der Waals surface area contributed by atoms with Crippen LogP contribution in [-0.4, -0.2) is 18.0 Å². The number of nitrogens with one attached hydrogen (secondary N) is 1. The molecule has 0 aliphatic carbocycles. The minimum atomic E-state index is -0.173. The molecule has 2 aromatic carbocycles. The lowest BCUT2D eigenvalue weighted by Crippen LogP contribution is -2.11. The van der Waals surface area contributed by atoms with E-state index in [9.17, 15) is 4.79 Å². The normalized spacial score (nSPS) is 10.5. The maximum atomic E-state index is 12.6. The molecule has 0 spiro atoms. The number of benzene rings is 2. The molecule has 1 heterocycles. The number of aromatic nitrogens is 1. The largest absolute Gasteiger partial charge is 0.497 e. The first-order valence-corrected chi connectivity index (χ1v) is 9.39. The first kappa shape index (κ1) is 18.9. The average molecular weight is 382 g/mol. The van der Waals surface area contributed by atoms with Crippen molar-refractivity contribution < 1.29 is 14.3 Å². The van der Waals surface area contributed by atoms with Crippen LogP contribution in [0.5, 0.6) is 11.5 Å². The molecule has 5 nitrogen and oxygen atoms in total. The van der Waals surface area contributed by atoms with Crippen molar-refractivity contribution in [2.45, 2.75) is 27.4 Å². The van der Waals surface area contributed by atoms with Gasteiger partial charge in [-0.2, -0.15) is 0 Å². The van der Waals surface area contributed by atoms with Crippen LogP contribution in [0.4, 0.5) is 5.69 Å². The summed E-state index contributed by atoms with van der Waals surface area (Å²) in [6.45, 7) is 6.21. The van der Waals surface area contributed by atoms with Gasteiger partial charge in [-0.1, -0.05) is 12.1 Å². The number of aryl methyl sites for hydroxylation is 3. The van der Waals surface area contributed by atoms with E-state index in [4.69, 9.17) is 9.47 Å². The van der Waals surface area contributed by atoms with Crippen molar-refractivity contribution in [3.05, 3.63) is 69.2 Å². The first-order valence-electron chi connectivity index (χ1n) is 8.58. The predicted octanol–water partition coefficient (Wildman–Crippen LogP) is 4.91. The Morgan fingerprint density at radius 2 is 1.85 bits per heavy atom. The van der Waals surface area contributed by atoms with Gasteiger partial charge in [-0.25, -0.2) is 4.98 Å². The highest BCUT2D eigenvalue weighted by molar-refractivity contribution is 7.13. The second-order valence-electron chi connectivity index (χ2n) is 6.26. The molecular weight excluding hydrogens is 360 g/mol. The Labute approximate surface area is 163 Å². The number of hydrogen-bond acceptors (Lipinski definition) is 5. The highest BCUT2D eigenvalue weighted by atomic mass is 32.1. The Kier molecular flexibility index (Phi) is 5.76. The third-order valence-electron chi connectivity index (χ3n) is 4.09. The number of carbonyl (C=O) groups excluding carboxylic acids is 1. The molecule has 0 bridgehead atoms. The fraction of sp³-hybridized carbons (Fsp3) is 0.238. The zero-order valence-corrected chi connectivity index (χ0v) is 16.6. The summed E-state index contributed by atoms with van der Waals surface area (Å²) >= 11 is 1.35. The summed E-state index contributed by atoms with van der Waals surface area (Å²) in [5, 5.41) is 3.66. The van der Waals surface area contributed by atoms with Crippen LogP contribution in [0.1, 0.15) is 31.5 Å². The van der Waals surface area contributed by atoms with E-state index in [-0.39, 0.29) is 5.91 Å². The van der Waals surface area contributed by atoms with Crippen LogP contribution >= 0.6 is 11.3 Å². The Balaban J connectivity index is 1.67. The van der Waals surface area contributed by atoms with E-state index in [2.05, 4.69) is 16.4 Å². The van der Waals surface area contributed by atoms with Gasteiger partial charge in [0.05, 0.1) is 12.8 Å². The van der Waals surface area contributed by atoms with Crippen molar-refractivity contribution in [3.63, 3.8) is 0 Å². The van der Waals surface area contributed by atoms with Crippen molar-refractivity contribution in [3.8, 4) is 11.5 Å². The van der Waals surface area contributed by atoms with Gasteiger partial charge in [0.15, 0.2) is 0 Å². The number of amides is 1. The molecule has 0 saturated heterocycles. The Bertz CT molecular complexity index is 949. The molecule has 3 aromatic rings. The molecule has 0 saturated carbocycles. The summed E-state index contributed by atoms with van der Waals surface area (Å²) in [6, 6.07) is 13.3. The smallest absolute Gasteiger partial charge is 0.267 e. The summed E-state index contributed by atoms with van der Waals surface area (Å²) in [5.74, 6) is 1.41. The zero-order chi connectivity index (χ0) is 19.4. The van der Waals surface area contributed by atoms with Gasteiger partial charge in [0.25, 0.3) is 5.91 Å². The first-order chi connectivity index (χ1) is 13.0. The predicted molar refractivity (Wildman–Crippen MR) is 108 cm³/mol. The number of hydrogen-bond donors (Lipinski definition) is 1. The van der Waals surface area contributed by atoms with Crippen molar-refractivity contribution in [2.75, 3.05) is 12.4 Å². The van der Waals surface area contributed by atoms with Crippen LogP contribution in [0.25, 0.3) is 0 Å². The van der Waals surface area contributed by atoms with Gasteiger partial charge in [-0.15, -0.1) is 11.3 Å². The highest BCUT2D eigenvalue weighted by Crippen LogP contribution is 2.24. The van der Waals surface area contributed by atoms with Gasteiger partial charge in [0.2, 0.25) is 0 Å². The summed E-state index contributed by atoms with van der Waals surface area (Å²) in [5.41, 5.74) is 3.63. The van der Waals surface area contributed by atoms with E-state index in [1.54, 1.807) is 31.4 Å². The maximum absolute atomic E-state index is 12.6. The summed E-state index contributed by atoms with van der Waals surface area (Å²) in [7, 11) is 1.61. The van der Waals surface area contributed by atoms with Gasteiger partial charge in [-0.3, -0.25) is 4.79 Å². The van der Waals surface area contributed by atoms with Crippen molar-refractivity contribution in [2.24, 2.45) is 0 Å². The average Bonchev–Trinajstić information content (AvgIpc) is 3.04. The van der Waals surface area contributed by atoms with E-state index in [1.807, 2.05) is 32.9 Å². The molecule has 0 fully saturated rings. The fourth-order valence-electron chi connectivity index (χ4n) is 2.59. The van der Waals surface area contributed by atoms with Crippen molar-refractivity contribution in [1.82, 2.24) is 4.98 Å². The molecule has 3 rings (SSSR count). The van der Waals surface area contributed by atoms with Crippen molar-refractivity contribution >= 4 is 22.9 Å². The molecule has 0 radical (unpaired) electrons. The Hall–Kier alpha value is -2.86. The monoisotopic (exact) mass is 382 g/mol. The summed E-state index contributed by atoms with van der Waals surface area (Å²) in [6.07, 6.45) is 0. The highest BCUT2D eigenvalue weighted by Gasteiger charge is 2.16. The van der Waals surface area contributed by atoms with E-state index >= 15 is 0 Å². The van der Waals surface area contributed by atoms with E-state index < -0.39 is 0 Å². The molecule has 1 amide bonds. The van der Waals surface area contributed by atoms with Crippen LogP contribution in [0.2, 0.25) is 0 Å². The van der Waals surface area contributed by atoms with Gasteiger partial charge >= 0.3 is 0 Å². The van der Waals surface area contributed by atoms with Gasteiger partial charge in [0, 0.05) is 5.69 Å². The minimum absolute atomic E-state index is 0.173. The number of thiazole rings is 1. The Morgan fingerprint density at radius 1 is 1.11 bits per heavy atom. The second-order valence-corrected chi connectivity index (χ2v) is 7.35. The Morgan fingerprint density at radius 3 is 2.56 bits per heavy atom. The van der Waals surface area contributed by atoms with Gasteiger partial charge in [-0.05, 0) is 62.2 Å².